The zero-order valence-corrected chi connectivity index (χ0v) is 24.3. The number of unbranched alkanes of at least 4 members (excludes halogenated alkanes) is 1. The molecule has 4 N–H and O–H groups in total. The first-order valence-electron chi connectivity index (χ1n) is 13.7. The van der Waals surface area contributed by atoms with Gasteiger partial charge in [-0.05, 0) is 95.1 Å². The first-order chi connectivity index (χ1) is 18.9. The highest BCUT2D eigenvalue weighted by atomic mass is 32.1. The van der Waals surface area contributed by atoms with Crippen LogP contribution in [0.15, 0.2) is 53.7 Å². The summed E-state index contributed by atoms with van der Waals surface area (Å²) < 4.78 is 18.0. The highest BCUT2D eigenvalue weighted by Crippen LogP contribution is 2.30. The van der Waals surface area contributed by atoms with E-state index < -0.39 is 6.29 Å². The number of aryl methyl sites for hydroxylation is 1. The lowest BCUT2D eigenvalue weighted by molar-refractivity contribution is -0.00211. The Bertz CT molecular complexity index is 1150. The van der Waals surface area contributed by atoms with Crippen LogP contribution in [0.3, 0.4) is 0 Å². The van der Waals surface area contributed by atoms with E-state index in [2.05, 4.69) is 50.3 Å². The third-order valence-electron chi connectivity index (χ3n) is 6.00. The fourth-order valence-electron chi connectivity index (χ4n) is 3.98. The summed E-state index contributed by atoms with van der Waals surface area (Å²) in [4.78, 5) is 6.10. The Labute approximate surface area is 236 Å². The molecule has 0 radical (unpaired) electrons. The minimum Gasteiger partial charge on any atom is -0.455 e. The Morgan fingerprint density at radius 1 is 1.03 bits per heavy atom. The standard InChI is InChI=1S/C30H42N4O4S/c1-5-6-8-28(38-26-15-11-24(12-16-26)30(31)34-35)37-25-13-9-23(10-14-25)29-27(39-22(4)33-29)17-19-32-18-7-20-36-21(2)3/h9-16,21,28,32,35H,5-8,17-20H2,1-4H3,(H2,31,34). The van der Waals surface area contributed by atoms with Gasteiger partial charge in [0.05, 0.1) is 16.8 Å². The molecular formula is C30H42N4O4S. The summed E-state index contributed by atoms with van der Waals surface area (Å²) in [5, 5.41) is 16.5. The second kappa shape index (κ2) is 16.1. The van der Waals surface area contributed by atoms with Crippen molar-refractivity contribution in [1.29, 1.82) is 0 Å². The van der Waals surface area contributed by atoms with Crippen molar-refractivity contribution in [1.82, 2.24) is 10.3 Å². The number of thiazole rings is 1. The lowest BCUT2D eigenvalue weighted by atomic mass is 10.1. The summed E-state index contributed by atoms with van der Waals surface area (Å²) in [6, 6.07) is 15.2. The van der Waals surface area contributed by atoms with Gasteiger partial charge in [0, 0.05) is 35.6 Å². The monoisotopic (exact) mass is 554 g/mol. The summed E-state index contributed by atoms with van der Waals surface area (Å²) in [5.41, 5.74) is 8.40. The smallest absolute Gasteiger partial charge is 0.241 e. The molecule has 9 heteroatoms. The Kier molecular flexibility index (Phi) is 12.5. The summed E-state index contributed by atoms with van der Waals surface area (Å²) in [7, 11) is 0. The van der Waals surface area contributed by atoms with Crippen molar-refractivity contribution in [2.45, 2.75) is 72.2 Å². The molecule has 0 amide bonds. The van der Waals surface area contributed by atoms with E-state index in [1.807, 2.05) is 12.1 Å². The molecule has 1 aromatic heterocycles. The Morgan fingerprint density at radius 2 is 1.69 bits per heavy atom. The first kappa shape index (κ1) is 30.4. The topological polar surface area (TPSA) is 111 Å². The fraction of sp³-hybridized carbons (Fsp3) is 0.467. The number of amidine groups is 1. The van der Waals surface area contributed by atoms with Crippen molar-refractivity contribution >= 4 is 17.2 Å². The number of nitrogens with one attached hydrogen (secondary N) is 1. The maximum Gasteiger partial charge on any atom is 0.241 e. The number of aromatic nitrogens is 1. The average Bonchev–Trinajstić information content (AvgIpc) is 3.31. The second-order valence-corrected chi connectivity index (χ2v) is 10.9. The number of ether oxygens (including phenoxy) is 3. The van der Waals surface area contributed by atoms with E-state index in [0.717, 1.165) is 73.8 Å². The highest BCUT2D eigenvalue weighted by molar-refractivity contribution is 7.12. The number of nitrogens with zero attached hydrogens (tertiary/aromatic N) is 2. The molecule has 1 atom stereocenters. The molecule has 0 spiro atoms. The molecule has 39 heavy (non-hydrogen) atoms. The van der Waals surface area contributed by atoms with E-state index >= 15 is 0 Å². The molecule has 8 nitrogen and oxygen atoms in total. The molecular weight excluding hydrogens is 512 g/mol. The van der Waals surface area contributed by atoms with Crippen LogP contribution in [0.2, 0.25) is 0 Å². The molecule has 0 aliphatic heterocycles. The van der Waals surface area contributed by atoms with Crippen molar-refractivity contribution in [3.63, 3.8) is 0 Å². The molecule has 0 fully saturated rings. The molecule has 0 aliphatic rings. The van der Waals surface area contributed by atoms with E-state index in [1.54, 1.807) is 35.6 Å². The quantitative estimate of drug-likeness (QED) is 0.0459. The van der Waals surface area contributed by atoms with E-state index in [4.69, 9.17) is 30.1 Å². The van der Waals surface area contributed by atoms with Crippen LogP contribution in [0.25, 0.3) is 11.3 Å². The molecule has 2 aromatic carbocycles. The van der Waals surface area contributed by atoms with Crippen molar-refractivity contribution in [2.24, 2.45) is 10.9 Å². The van der Waals surface area contributed by atoms with Crippen LogP contribution < -0.4 is 20.5 Å². The van der Waals surface area contributed by atoms with Gasteiger partial charge < -0.3 is 30.5 Å². The Morgan fingerprint density at radius 3 is 2.31 bits per heavy atom. The van der Waals surface area contributed by atoms with Gasteiger partial charge in [0.1, 0.15) is 11.5 Å². The van der Waals surface area contributed by atoms with Crippen LogP contribution >= 0.6 is 11.3 Å². The van der Waals surface area contributed by atoms with E-state index in [0.29, 0.717) is 11.3 Å². The minimum absolute atomic E-state index is 0.0577. The van der Waals surface area contributed by atoms with Crippen LogP contribution in [0.1, 0.15) is 61.9 Å². The number of nitrogens with two attached hydrogens (primary N) is 1. The number of hydrogen-bond donors (Lipinski definition) is 3. The largest absolute Gasteiger partial charge is 0.455 e. The van der Waals surface area contributed by atoms with Gasteiger partial charge in [-0.3, -0.25) is 0 Å². The molecule has 1 unspecified atom stereocenters. The van der Waals surface area contributed by atoms with Crippen LogP contribution in [0.5, 0.6) is 11.5 Å². The number of rotatable bonds is 17. The lowest BCUT2D eigenvalue weighted by Gasteiger charge is -2.21. The van der Waals surface area contributed by atoms with Gasteiger partial charge in [-0.2, -0.15) is 0 Å². The van der Waals surface area contributed by atoms with Crippen molar-refractivity contribution < 1.29 is 19.4 Å². The predicted molar refractivity (Wildman–Crippen MR) is 158 cm³/mol. The Hall–Kier alpha value is -3.14. The fourth-order valence-corrected chi connectivity index (χ4v) is 4.93. The maximum atomic E-state index is 8.86. The lowest BCUT2D eigenvalue weighted by Crippen LogP contribution is -2.24. The molecule has 0 saturated carbocycles. The molecule has 0 bridgehead atoms. The highest BCUT2D eigenvalue weighted by Gasteiger charge is 2.15. The molecule has 212 valence electrons. The van der Waals surface area contributed by atoms with Gasteiger partial charge in [0.2, 0.25) is 6.29 Å². The van der Waals surface area contributed by atoms with Crippen LogP contribution in [-0.4, -0.2) is 48.1 Å². The van der Waals surface area contributed by atoms with Gasteiger partial charge >= 0.3 is 0 Å². The van der Waals surface area contributed by atoms with Gasteiger partial charge in [-0.1, -0.05) is 18.5 Å². The summed E-state index contributed by atoms with van der Waals surface area (Å²) in [6.07, 6.45) is 4.57. The van der Waals surface area contributed by atoms with Gasteiger partial charge in [-0.25, -0.2) is 4.98 Å². The second-order valence-electron chi connectivity index (χ2n) is 9.62. The first-order valence-corrected chi connectivity index (χ1v) is 14.5. The number of oxime groups is 1. The van der Waals surface area contributed by atoms with Crippen LogP contribution in [-0.2, 0) is 11.2 Å². The third kappa shape index (κ3) is 10.2. The van der Waals surface area contributed by atoms with E-state index in [-0.39, 0.29) is 11.9 Å². The average molecular weight is 555 g/mol. The zero-order valence-electron chi connectivity index (χ0n) is 23.5. The molecule has 3 aromatic rings. The normalized spacial score (nSPS) is 12.6. The Balaban J connectivity index is 1.59. The SMILES string of the molecule is CCCCC(Oc1ccc(C(N)=NO)cc1)Oc1ccc(-c2nc(C)sc2CCNCCCOC(C)C)cc1. The molecule has 0 saturated heterocycles. The third-order valence-corrected chi connectivity index (χ3v) is 7.03. The van der Waals surface area contributed by atoms with Crippen molar-refractivity contribution in [3.05, 3.63) is 64.0 Å². The maximum absolute atomic E-state index is 8.86. The van der Waals surface area contributed by atoms with Crippen LogP contribution in [0, 0.1) is 6.92 Å². The predicted octanol–water partition coefficient (Wildman–Crippen LogP) is 6.13. The number of benzene rings is 2. The van der Waals surface area contributed by atoms with Gasteiger partial charge in [-0.15, -0.1) is 11.3 Å². The van der Waals surface area contributed by atoms with E-state index in [9.17, 15) is 0 Å². The number of hydrogen-bond acceptors (Lipinski definition) is 8. The molecule has 1 heterocycles. The zero-order chi connectivity index (χ0) is 28.0. The van der Waals surface area contributed by atoms with E-state index in [1.165, 1.54) is 4.88 Å². The van der Waals surface area contributed by atoms with Gasteiger partial charge in [0.25, 0.3) is 0 Å². The summed E-state index contributed by atoms with van der Waals surface area (Å²) in [6.45, 7) is 11.0. The molecule has 3 rings (SSSR count). The molecule has 0 aliphatic carbocycles. The van der Waals surface area contributed by atoms with Crippen molar-refractivity contribution in [3.8, 4) is 22.8 Å². The minimum atomic E-state index is -0.431. The van der Waals surface area contributed by atoms with Gasteiger partial charge in [0.15, 0.2) is 5.84 Å². The summed E-state index contributed by atoms with van der Waals surface area (Å²) in [5.74, 6) is 1.46. The van der Waals surface area contributed by atoms with Crippen molar-refractivity contribution in [2.75, 3.05) is 19.7 Å². The summed E-state index contributed by atoms with van der Waals surface area (Å²) >= 11 is 1.75. The van der Waals surface area contributed by atoms with Crippen LogP contribution in [0.4, 0.5) is 0 Å².